The lowest BCUT2D eigenvalue weighted by Gasteiger charge is -2.08. The number of Topliss-reactive ketones (excluding diaryl/α,β-unsaturated/α-hetero) is 1. The Morgan fingerprint density at radius 1 is 1.36 bits per heavy atom. The summed E-state index contributed by atoms with van der Waals surface area (Å²) in [5.41, 5.74) is -0.582. The molecule has 0 aliphatic rings. The van der Waals surface area contributed by atoms with Crippen LogP contribution in [-0.4, -0.2) is 5.78 Å². The van der Waals surface area contributed by atoms with Gasteiger partial charge >= 0.3 is 0 Å². The number of alkyl halides is 2. The minimum atomic E-state index is -2.78. The average molecular weight is 239 g/mol. The average Bonchev–Trinajstić information content (AvgIpc) is 2.01. The molecule has 76 valence electrons. The van der Waals surface area contributed by atoms with Gasteiger partial charge in [-0.2, -0.15) is 0 Å². The van der Waals surface area contributed by atoms with Crippen LogP contribution in [0, 0.1) is 0 Å². The lowest BCUT2D eigenvalue weighted by atomic mass is 10.0. The van der Waals surface area contributed by atoms with Gasteiger partial charge in [0.15, 0.2) is 5.78 Å². The largest absolute Gasteiger partial charge is 0.294 e. The standard InChI is InChI=1S/C9H6Cl2F2O/c1-4(14)6-2-5(10)3-7(11)8(6)9(12)13/h2-3,9H,1H3. The normalized spacial score (nSPS) is 10.7. The van der Waals surface area contributed by atoms with Crippen molar-refractivity contribution in [2.45, 2.75) is 13.3 Å². The second-order valence-corrected chi connectivity index (χ2v) is 3.55. The van der Waals surface area contributed by atoms with Crippen LogP contribution in [0.15, 0.2) is 12.1 Å². The Balaban J connectivity index is 3.44. The third-order valence-electron chi connectivity index (χ3n) is 1.69. The van der Waals surface area contributed by atoms with E-state index in [4.69, 9.17) is 23.2 Å². The van der Waals surface area contributed by atoms with Gasteiger partial charge in [0, 0.05) is 16.1 Å². The molecule has 1 aromatic rings. The maximum Gasteiger partial charge on any atom is 0.265 e. The number of carbonyl (C=O) groups excluding carboxylic acids is 1. The molecule has 0 spiro atoms. The van der Waals surface area contributed by atoms with Gasteiger partial charge in [-0.1, -0.05) is 23.2 Å². The molecule has 5 heteroatoms. The summed E-state index contributed by atoms with van der Waals surface area (Å²) < 4.78 is 25.0. The van der Waals surface area contributed by atoms with E-state index in [1.54, 1.807) is 0 Å². The van der Waals surface area contributed by atoms with Gasteiger partial charge in [-0.25, -0.2) is 8.78 Å². The number of carbonyl (C=O) groups is 1. The fourth-order valence-corrected chi connectivity index (χ4v) is 1.67. The number of ketones is 1. The molecule has 0 unspecified atom stereocenters. The number of hydrogen-bond donors (Lipinski definition) is 0. The predicted molar refractivity (Wildman–Crippen MR) is 51.4 cm³/mol. The quantitative estimate of drug-likeness (QED) is 0.709. The van der Waals surface area contributed by atoms with Crippen LogP contribution in [0.1, 0.15) is 29.3 Å². The lowest BCUT2D eigenvalue weighted by molar-refractivity contribution is 0.0999. The third-order valence-corrected chi connectivity index (χ3v) is 2.22. The van der Waals surface area contributed by atoms with E-state index in [1.165, 1.54) is 19.1 Å². The highest BCUT2D eigenvalue weighted by molar-refractivity contribution is 6.35. The zero-order valence-corrected chi connectivity index (χ0v) is 8.66. The van der Waals surface area contributed by atoms with Gasteiger partial charge in [0.1, 0.15) is 0 Å². The van der Waals surface area contributed by atoms with Crippen molar-refractivity contribution >= 4 is 29.0 Å². The van der Waals surface area contributed by atoms with E-state index < -0.39 is 17.8 Å². The van der Waals surface area contributed by atoms with Gasteiger partial charge in [0.25, 0.3) is 6.43 Å². The van der Waals surface area contributed by atoms with Crippen LogP contribution in [0.25, 0.3) is 0 Å². The van der Waals surface area contributed by atoms with Crippen LogP contribution in [0.3, 0.4) is 0 Å². The molecule has 1 rings (SSSR count). The van der Waals surface area contributed by atoms with Gasteiger partial charge in [0.05, 0.1) is 5.02 Å². The molecule has 0 fully saturated rings. The molecule has 0 aliphatic heterocycles. The smallest absolute Gasteiger partial charge is 0.265 e. The fraction of sp³-hybridized carbons (Fsp3) is 0.222. The van der Waals surface area contributed by atoms with E-state index in [2.05, 4.69) is 0 Å². The van der Waals surface area contributed by atoms with Crippen LogP contribution in [0.4, 0.5) is 8.78 Å². The van der Waals surface area contributed by atoms with Crippen molar-refractivity contribution in [2.24, 2.45) is 0 Å². The minimum Gasteiger partial charge on any atom is -0.294 e. The van der Waals surface area contributed by atoms with E-state index in [0.717, 1.165) is 0 Å². The molecule has 0 amide bonds. The van der Waals surface area contributed by atoms with Gasteiger partial charge in [-0.05, 0) is 19.1 Å². The Morgan fingerprint density at radius 2 is 1.93 bits per heavy atom. The molecule has 0 saturated carbocycles. The van der Waals surface area contributed by atoms with Crippen LogP contribution in [0.2, 0.25) is 10.0 Å². The van der Waals surface area contributed by atoms with Gasteiger partial charge in [-0.15, -0.1) is 0 Å². The summed E-state index contributed by atoms with van der Waals surface area (Å²) in [7, 11) is 0. The topological polar surface area (TPSA) is 17.1 Å². The van der Waals surface area contributed by atoms with Crippen LogP contribution in [0.5, 0.6) is 0 Å². The highest BCUT2D eigenvalue weighted by Crippen LogP contribution is 2.33. The van der Waals surface area contributed by atoms with Crippen molar-refractivity contribution in [3.8, 4) is 0 Å². The Kier molecular flexibility index (Phi) is 3.45. The van der Waals surface area contributed by atoms with Crippen molar-refractivity contribution in [1.29, 1.82) is 0 Å². The minimum absolute atomic E-state index is 0.127. The summed E-state index contributed by atoms with van der Waals surface area (Å²) >= 11 is 11.1. The molecule has 0 atom stereocenters. The molecule has 0 N–H and O–H groups in total. The first kappa shape index (κ1) is 11.4. The van der Waals surface area contributed by atoms with Crippen LogP contribution in [-0.2, 0) is 0 Å². The molecule has 0 aromatic heterocycles. The zero-order chi connectivity index (χ0) is 10.9. The Morgan fingerprint density at radius 3 is 2.36 bits per heavy atom. The summed E-state index contributed by atoms with van der Waals surface area (Å²) in [6.07, 6.45) is -2.78. The summed E-state index contributed by atoms with van der Waals surface area (Å²) in [5, 5.41) is -0.0118. The number of benzene rings is 1. The van der Waals surface area contributed by atoms with Crippen molar-refractivity contribution in [1.82, 2.24) is 0 Å². The summed E-state index contributed by atoms with van der Waals surface area (Å²) in [6, 6.07) is 2.38. The van der Waals surface area contributed by atoms with E-state index in [0.29, 0.717) is 0 Å². The SMILES string of the molecule is CC(=O)c1cc(Cl)cc(Cl)c1C(F)F. The molecule has 0 aliphatic carbocycles. The van der Waals surface area contributed by atoms with Crippen LogP contribution >= 0.6 is 23.2 Å². The second kappa shape index (κ2) is 4.24. The lowest BCUT2D eigenvalue weighted by Crippen LogP contribution is -2.01. The summed E-state index contributed by atoms with van der Waals surface area (Å²) in [6.45, 7) is 1.19. The van der Waals surface area contributed by atoms with Crippen molar-refractivity contribution in [3.63, 3.8) is 0 Å². The fourth-order valence-electron chi connectivity index (χ4n) is 1.10. The number of rotatable bonds is 2. The first-order valence-corrected chi connectivity index (χ1v) is 4.47. The molecule has 0 saturated heterocycles. The third kappa shape index (κ3) is 2.22. The summed E-state index contributed by atoms with van der Waals surface area (Å²) in [4.78, 5) is 11.0. The molecule has 1 aromatic carbocycles. The highest BCUT2D eigenvalue weighted by atomic mass is 35.5. The van der Waals surface area contributed by atoms with Gasteiger partial charge in [-0.3, -0.25) is 4.79 Å². The van der Waals surface area contributed by atoms with E-state index >= 15 is 0 Å². The monoisotopic (exact) mass is 238 g/mol. The number of halogens is 4. The molecular weight excluding hydrogens is 233 g/mol. The van der Waals surface area contributed by atoms with Crippen molar-refractivity contribution in [2.75, 3.05) is 0 Å². The zero-order valence-electron chi connectivity index (χ0n) is 7.15. The molecule has 14 heavy (non-hydrogen) atoms. The predicted octanol–water partition coefficient (Wildman–Crippen LogP) is 4.13. The molecule has 1 nitrogen and oxygen atoms in total. The molecular formula is C9H6Cl2F2O. The Hall–Kier alpha value is -0.670. The van der Waals surface area contributed by atoms with Gasteiger partial charge in [0.2, 0.25) is 0 Å². The molecule has 0 radical (unpaired) electrons. The van der Waals surface area contributed by atoms with E-state index in [9.17, 15) is 13.6 Å². The van der Waals surface area contributed by atoms with Crippen molar-refractivity contribution < 1.29 is 13.6 Å². The maximum absolute atomic E-state index is 12.5. The summed E-state index contributed by atoms with van der Waals surface area (Å²) in [5.74, 6) is -0.482. The van der Waals surface area contributed by atoms with Crippen molar-refractivity contribution in [3.05, 3.63) is 33.3 Å². The molecule has 0 heterocycles. The Labute approximate surface area is 89.6 Å². The van der Waals surface area contributed by atoms with Gasteiger partial charge < -0.3 is 0 Å². The molecule has 0 bridgehead atoms. The van der Waals surface area contributed by atoms with E-state index in [-0.39, 0.29) is 15.6 Å². The maximum atomic E-state index is 12.5. The Bertz CT molecular complexity index is 377. The first-order chi connectivity index (χ1) is 6.43. The second-order valence-electron chi connectivity index (χ2n) is 2.71. The highest BCUT2D eigenvalue weighted by Gasteiger charge is 2.20. The van der Waals surface area contributed by atoms with Crippen LogP contribution < -0.4 is 0 Å². The van der Waals surface area contributed by atoms with E-state index in [1.807, 2.05) is 0 Å². The first-order valence-electron chi connectivity index (χ1n) is 3.71. The number of hydrogen-bond acceptors (Lipinski definition) is 1.